The average Bonchev–Trinajstić information content (AvgIpc) is 3.35. The lowest BCUT2D eigenvalue weighted by Crippen LogP contribution is -2.27. The van der Waals surface area contributed by atoms with Gasteiger partial charge in [-0.05, 0) is 51.3 Å². The van der Waals surface area contributed by atoms with Gasteiger partial charge in [-0.15, -0.1) is 11.3 Å². The van der Waals surface area contributed by atoms with Gasteiger partial charge in [0.05, 0.1) is 34.0 Å². The third-order valence-electron chi connectivity index (χ3n) is 5.84. The summed E-state index contributed by atoms with van der Waals surface area (Å²) in [6.45, 7) is 5.76. The van der Waals surface area contributed by atoms with Crippen molar-refractivity contribution in [2.45, 2.75) is 46.1 Å². The molecular weight excluding hydrogens is 454 g/mol. The van der Waals surface area contributed by atoms with E-state index in [0.717, 1.165) is 53.0 Å². The van der Waals surface area contributed by atoms with E-state index in [0.29, 0.717) is 11.4 Å². The van der Waals surface area contributed by atoms with E-state index in [1.165, 1.54) is 16.6 Å². The van der Waals surface area contributed by atoms with Crippen LogP contribution in [-0.2, 0) is 12.8 Å². The molecule has 10 heteroatoms. The Labute approximate surface area is 199 Å². The fourth-order valence-corrected chi connectivity index (χ4v) is 5.37. The first-order chi connectivity index (χ1) is 16.4. The second-order valence-electron chi connectivity index (χ2n) is 8.28. The van der Waals surface area contributed by atoms with Crippen LogP contribution in [0.15, 0.2) is 44.3 Å². The lowest BCUT2D eigenvalue weighted by atomic mass is 9.96. The summed E-state index contributed by atoms with van der Waals surface area (Å²) < 4.78 is 9.96. The Morgan fingerprint density at radius 3 is 2.76 bits per heavy atom. The summed E-state index contributed by atoms with van der Waals surface area (Å²) in [6, 6.07) is 7.36. The van der Waals surface area contributed by atoms with Gasteiger partial charge >= 0.3 is 5.76 Å². The van der Waals surface area contributed by atoms with E-state index in [2.05, 4.69) is 30.2 Å². The molecule has 5 rings (SSSR count). The van der Waals surface area contributed by atoms with Gasteiger partial charge in [-0.3, -0.25) is 4.79 Å². The number of hydrogen-bond donors (Lipinski definition) is 2. The fraction of sp³-hybridized carbons (Fsp3) is 0.292. The predicted molar refractivity (Wildman–Crippen MR) is 128 cm³/mol. The van der Waals surface area contributed by atoms with Crippen molar-refractivity contribution in [1.29, 1.82) is 0 Å². The van der Waals surface area contributed by atoms with Crippen LogP contribution in [0.2, 0.25) is 0 Å². The summed E-state index contributed by atoms with van der Waals surface area (Å²) >= 11 is 1.74. The number of rotatable bonds is 5. The van der Waals surface area contributed by atoms with Crippen LogP contribution in [0.5, 0.6) is 0 Å². The van der Waals surface area contributed by atoms with E-state index in [9.17, 15) is 9.59 Å². The van der Waals surface area contributed by atoms with Crippen LogP contribution in [0.25, 0.3) is 11.1 Å². The van der Waals surface area contributed by atoms with Crippen LogP contribution in [-0.4, -0.2) is 27.1 Å². The minimum Gasteiger partial charge on any atom is -0.417 e. The van der Waals surface area contributed by atoms with E-state index in [4.69, 9.17) is 4.52 Å². The van der Waals surface area contributed by atoms with Crippen molar-refractivity contribution >= 4 is 28.6 Å². The molecule has 1 aliphatic carbocycles. The highest BCUT2D eigenvalue weighted by Gasteiger charge is 2.23. The molecule has 9 nitrogen and oxygen atoms in total. The predicted octanol–water partition coefficient (Wildman–Crippen LogP) is 4.29. The molecule has 0 fully saturated rings. The fourth-order valence-electron chi connectivity index (χ4n) is 4.30. The monoisotopic (exact) mass is 477 g/mol. The van der Waals surface area contributed by atoms with Gasteiger partial charge in [0.25, 0.3) is 5.91 Å². The van der Waals surface area contributed by atoms with Crippen LogP contribution in [0, 0.1) is 20.8 Å². The second-order valence-corrected chi connectivity index (χ2v) is 9.57. The smallest absolute Gasteiger partial charge is 0.417 e. The largest absolute Gasteiger partial charge is 0.439 e. The molecule has 3 aromatic heterocycles. The number of amides is 1. The summed E-state index contributed by atoms with van der Waals surface area (Å²) in [5.41, 5.74) is 5.03. The third kappa shape index (κ3) is 4.36. The zero-order valence-corrected chi connectivity index (χ0v) is 19.8. The van der Waals surface area contributed by atoms with Crippen molar-refractivity contribution in [1.82, 2.24) is 15.1 Å². The summed E-state index contributed by atoms with van der Waals surface area (Å²) in [5.74, 6) is -0.637. The number of hydrogen-bond acceptors (Lipinski definition) is 9. The van der Waals surface area contributed by atoms with Crippen molar-refractivity contribution < 1.29 is 13.7 Å². The van der Waals surface area contributed by atoms with Crippen LogP contribution < -0.4 is 16.4 Å². The number of thiazole rings is 1. The Hall–Kier alpha value is -3.79. The highest BCUT2D eigenvalue weighted by Crippen LogP contribution is 2.35. The number of nitrogens with zero attached hydrogens (tertiary/aromatic N) is 3. The van der Waals surface area contributed by atoms with E-state index >= 15 is 0 Å². The Kier molecular flexibility index (Phi) is 5.74. The maximum atomic E-state index is 12.9. The highest BCUT2D eigenvalue weighted by atomic mass is 32.1. The van der Waals surface area contributed by atoms with Crippen molar-refractivity contribution in [3.63, 3.8) is 0 Å². The molecule has 1 aromatic carbocycles. The number of aromatic nitrogens is 3. The molecule has 0 spiro atoms. The molecule has 0 saturated heterocycles. The van der Waals surface area contributed by atoms with Gasteiger partial charge in [0.15, 0.2) is 0 Å². The summed E-state index contributed by atoms with van der Waals surface area (Å²) in [7, 11) is 0. The molecule has 1 atom stereocenters. The first kappa shape index (κ1) is 22.0. The van der Waals surface area contributed by atoms with E-state index in [-0.39, 0.29) is 11.7 Å². The molecule has 0 unspecified atom stereocenters. The number of anilines is 2. The van der Waals surface area contributed by atoms with Crippen LogP contribution in [0.3, 0.4) is 0 Å². The van der Waals surface area contributed by atoms with E-state index in [1.807, 2.05) is 39.0 Å². The zero-order chi connectivity index (χ0) is 23.8. The standard InChI is InChI=1S/C24H23N5O4S/c1-12-22(13(2)33-29-12)15-4-6-17(26-16-5-7-18-21(11-16)34-14(3)25-18)20(10-15)27-23(30)19-8-9-32-24(31)28-19/h4,6,8-10,16,26H,5,7,11H2,1-3H3,(H,27,30)/t16-/m1/s1. The number of carbonyl (C=O) groups excluding carboxylic acids is 1. The second kappa shape index (κ2) is 8.86. The van der Waals surface area contributed by atoms with Gasteiger partial charge in [0.1, 0.15) is 11.5 Å². The summed E-state index contributed by atoms with van der Waals surface area (Å²) in [5, 5.41) is 11.6. The minimum absolute atomic E-state index is 0.0209. The molecule has 1 amide bonds. The summed E-state index contributed by atoms with van der Waals surface area (Å²) in [6.07, 6.45) is 3.89. The third-order valence-corrected chi connectivity index (χ3v) is 6.87. The van der Waals surface area contributed by atoms with Gasteiger partial charge in [0.2, 0.25) is 0 Å². The maximum absolute atomic E-state index is 12.9. The zero-order valence-electron chi connectivity index (χ0n) is 19.0. The maximum Gasteiger partial charge on any atom is 0.439 e. The van der Waals surface area contributed by atoms with Crippen LogP contribution in [0.1, 0.15) is 43.9 Å². The molecule has 0 radical (unpaired) electrons. The van der Waals surface area contributed by atoms with Crippen molar-refractivity contribution in [2.75, 3.05) is 10.6 Å². The molecule has 2 N–H and O–H groups in total. The SMILES string of the molecule is Cc1nc2c(s1)C[C@H](Nc1ccc(-c3c(C)noc3C)cc1NC(=O)c1ccoc(=O)n1)CC2. The Morgan fingerprint density at radius 1 is 1.15 bits per heavy atom. The topological polar surface area (TPSA) is 123 Å². The van der Waals surface area contributed by atoms with E-state index in [1.54, 1.807) is 11.3 Å². The lowest BCUT2D eigenvalue weighted by molar-refractivity contribution is 0.102. The molecular formula is C24H23N5O4S. The summed E-state index contributed by atoms with van der Waals surface area (Å²) in [4.78, 5) is 33.9. The number of aryl methyl sites for hydroxylation is 4. The molecule has 0 aliphatic heterocycles. The van der Waals surface area contributed by atoms with Crippen LogP contribution >= 0.6 is 11.3 Å². The number of carbonyl (C=O) groups is 1. The normalized spacial score (nSPS) is 15.1. The number of nitrogens with one attached hydrogen (secondary N) is 2. The number of fused-ring (bicyclic) bond motifs is 1. The first-order valence-electron chi connectivity index (χ1n) is 10.9. The molecule has 3 heterocycles. The quantitative estimate of drug-likeness (QED) is 0.436. The van der Waals surface area contributed by atoms with Gasteiger partial charge in [-0.1, -0.05) is 11.2 Å². The molecule has 34 heavy (non-hydrogen) atoms. The molecule has 0 bridgehead atoms. The Bertz CT molecular complexity index is 1420. The Morgan fingerprint density at radius 2 is 2.00 bits per heavy atom. The first-order valence-corrected chi connectivity index (χ1v) is 11.7. The molecule has 4 aromatic rings. The minimum atomic E-state index is -0.826. The average molecular weight is 478 g/mol. The van der Waals surface area contributed by atoms with Gasteiger partial charge in [-0.2, -0.15) is 4.98 Å². The highest BCUT2D eigenvalue weighted by molar-refractivity contribution is 7.11. The lowest BCUT2D eigenvalue weighted by Gasteiger charge is -2.25. The molecule has 174 valence electrons. The van der Waals surface area contributed by atoms with Gasteiger partial charge < -0.3 is 19.6 Å². The molecule has 1 aliphatic rings. The Balaban J connectivity index is 1.47. The molecule has 0 saturated carbocycles. The van der Waals surface area contributed by atoms with Crippen molar-refractivity contribution in [3.8, 4) is 11.1 Å². The van der Waals surface area contributed by atoms with Gasteiger partial charge in [-0.25, -0.2) is 9.78 Å². The van der Waals surface area contributed by atoms with Crippen molar-refractivity contribution in [2.24, 2.45) is 0 Å². The number of benzene rings is 1. The van der Waals surface area contributed by atoms with E-state index < -0.39 is 11.7 Å². The van der Waals surface area contributed by atoms with Crippen molar-refractivity contribution in [3.05, 3.63) is 73.8 Å². The van der Waals surface area contributed by atoms with Crippen LogP contribution in [0.4, 0.5) is 11.4 Å². The van der Waals surface area contributed by atoms with Gasteiger partial charge in [0, 0.05) is 29.0 Å².